The average molecular weight is 399 g/mol. The molecule has 4 aromatic rings. The van der Waals surface area contributed by atoms with Crippen LogP contribution in [0.3, 0.4) is 0 Å². The molecule has 0 fully saturated rings. The summed E-state index contributed by atoms with van der Waals surface area (Å²) in [5, 5.41) is 12.4. The summed E-state index contributed by atoms with van der Waals surface area (Å²) in [4.78, 5) is 8.81. The molecule has 0 radical (unpaired) electrons. The Hall–Kier alpha value is -2.55. The number of thiazole rings is 1. The summed E-state index contributed by atoms with van der Waals surface area (Å²) in [6.07, 6.45) is 1.68. The second kappa shape index (κ2) is 6.88. The standard InChI is InChI=1S/C19H17N3O3S2/c1-12(10-23)27(24,25)14-3-4-16-15(9-14)17(6-7-20-16)22-13-2-5-19-18(8-13)21-11-26-19/h2-9,11-12,23H,10H2,1H3,(H,20,22). The topological polar surface area (TPSA) is 92.2 Å². The van der Waals surface area contributed by atoms with E-state index in [0.29, 0.717) is 10.9 Å². The van der Waals surface area contributed by atoms with E-state index in [1.807, 2.05) is 18.2 Å². The Kier molecular flexibility index (Phi) is 4.55. The van der Waals surface area contributed by atoms with E-state index in [2.05, 4.69) is 15.3 Å². The molecule has 8 heteroatoms. The second-order valence-electron chi connectivity index (χ2n) is 6.24. The van der Waals surface area contributed by atoms with Gasteiger partial charge in [0.1, 0.15) is 0 Å². The quantitative estimate of drug-likeness (QED) is 0.531. The smallest absolute Gasteiger partial charge is 0.183 e. The Morgan fingerprint density at radius 3 is 2.78 bits per heavy atom. The zero-order chi connectivity index (χ0) is 19.0. The van der Waals surface area contributed by atoms with Gasteiger partial charge in [0, 0.05) is 23.0 Å². The Labute approximate surface area is 160 Å². The lowest BCUT2D eigenvalue weighted by Crippen LogP contribution is -2.21. The lowest BCUT2D eigenvalue weighted by Gasteiger charge is -2.13. The summed E-state index contributed by atoms with van der Waals surface area (Å²) in [5.74, 6) is 0. The first-order chi connectivity index (χ1) is 13.0. The van der Waals surface area contributed by atoms with Crippen molar-refractivity contribution in [1.29, 1.82) is 0 Å². The number of anilines is 2. The van der Waals surface area contributed by atoms with Gasteiger partial charge in [-0.1, -0.05) is 0 Å². The third-order valence-corrected chi connectivity index (χ3v) is 7.37. The van der Waals surface area contributed by atoms with Crippen molar-refractivity contribution in [2.45, 2.75) is 17.1 Å². The number of nitrogens with zero attached hydrogens (tertiary/aromatic N) is 2. The number of aliphatic hydroxyl groups is 1. The SMILES string of the molecule is CC(CO)S(=O)(=O)c1ccc2nccc(Nc3ccc4scnc4c3)c2c1. The van der Waals surface area contributed by atoms with Crippen LogP contribution in [0.5, 0.6) is 0 Å². The first kappa shape index (κ1) is 17.8. The number of benzene rings is 2. The maximum atomic E-state index is 12.6. The molecule has 0 aliphatic carbocycles. The highest BCUT2D eigenvalue weighted by Crippen LogP contribution is 2.30. The molecule has 0 spiro atoms. The molecule has 2 N–H and O–H groups in total. The molecule has 1 unspecified atom stereocenters. The first-order valence-electron chi connectivity index (χ1n) is 8.33. The highest BCUT2D eigenvalue weighted by atomic mass is 32.2. The van der Waals surface area contributed by atoms with Gasteiger partial charge in [-0.05, 0) is 49.4 Å². The van der Waals surface area contributed by atoms with Gasteiger partial charge in [-0.3, -0.25) is 4.98 Å². The average Bonchev–Trinajstić information content (AvgIpc) is 3.15. The minimum Gasteiger partial charge on any atom is -0.395 e. The Balaban J connectivity index is 1.79. The molecule has 138 valence electrons. The molecule has 0 aliphatic heterocycles. The molecule has 6 nitrogen and oxygen atoms in total. The van der Waals surface area contributed by atoms with Crippen LogP contribution in [-0.2, 0) is 9.84 Å². The van der Waals surface area contributed by atoms with Gasteiger partial charge in [0.05, 0.1) is 38.0 Å². The van der Waals surface area contributed by atoms with E-state index in [0.717, 1.165) is 21.6 Å². The van der Waals surface area contributed by atoms with Gasteiger partial charge in [-0.15, -0.1) is 11.3 Å². The van der Waals surface area contributed by atoms with Gasteiger partial charge < -0.3 is 10.4 Å². The Morgan fingerprint density at radius 2 is 1.96 bits per heavy atom. The normalized spacial score (nSPS) is 13.1. The fraction of sp³-hybridized carbons (Fsp3) is 0.158. The molecule has 27 heavy (non-hydrogen) atoms. The molecule has 0 saturated heterocycles. The maximum absolute atomic E-state index is 12.6. The number of hydrogen-bond donors (Lipinski definition) is 2. The van der Waals surface area contributed by atoms with Crippen molar-refractivity contribution in [1.82, 2.24) is 9.97 Å². The molecule has 2 aromatic carbocycles. The van der Waals surface area contributed by atoms with Crippen LogP contribution < -0.4 is 5.32 Å². The molecule has 0 aliphatic rings. The minimum atomic E-state index is -3.61. The summed E-state index contributed by atoms with van der Waals surface area (Å²) in [5.41, 5.74) is 5.00. The third-order valence-electron chi connectivity index (χ3n) is 4.44. The number of aliphatic hydroxyl groups excluding tert-OH is 1. The van der Waals surface area contributed by atoms with Gasteiger partial charge in [-0.2, -0.15) is 0 Å². The van der Waals surface area contributed by atoms with Gasteiger partial charge in [0.15, 0.2) is 9.84 Å². The van der Waals surface area contributed by atoms with Crippen LogP contribution in [0.1, 0.15) is 6.92 Å². The van der Waals surface area contributed by atoms with Gasteiger partial charge in [0.2, 0.25) is 0 Å². The van der Waals surface area contributed by atoms with Crippen molar-refractivity contribution >= 4 is 53.7 Å². The van der Waals surface area contributed by atoms with Crippen molar-refractivity contribution in [2.24, 2.45) is 0 Å². The predicted molar refractivity (Wildman–Crippen MR) is 108 cm³/mol. The molecule has 0 saturated carbocycles. The van der Waals surface area contributed by atoms with E-state index in [9.17, 15) is 13.5 Å². The Bertz CT molecular complexity index is 1240. The lowest BCUT2D eigenvalue weighted by atomic mass is 10.2. The van der Waals surface area contributed by atoms with Gasteiger partial charge in [0.25, 0.3) is 0 Å². The summed E-state index contributed by atoms with van der Waals surface area (Å²) < 4.78 is 26.3. The second-order valence-corrected chi connectivity index (χ2v) is 9.49. The number of hydrogen-bond acceptors (Lipinski definition) is 7. The molecule has 4 rings (SSSR count). The maximum Gasteiger partial charge on any atom is 0.183 e. The van der Waals surface area contributed by atoms with E-state index < -0.39 is 21.7 Å². The molecule has 2 aromatic heterocycles. The van der Waals surface area contributed by atoms with Crippen LogP contribution in [0.15, 0.2) is 59.1 Å². The summed E-state index contributed by atoms with van der Waals surface area (Å²) in [6, 6.07) is 12.5. The van der Waals surface area contributed by atoms with E-state index in [-0.39, 0.29) is 4.90 Å². The van der Waals surface area contributed by atoms with E-state index >= 15 is 0 Å². The lowest BCUT2D eigenvalue weighted by molar-refractivity contribution is 0.295. The number of rotatable bonds is 5. The molecular formula is C19H17N3O3S2. The summed E-state index contributed by atoms with van der Waals surface area (Å²) >= 11 is 1.58. The summed E-state index contributed by atoms with van der Waals surface area (Å²) in [7, 11) is -3.61. The zero-order valence-corrected chi connectivity index (χ0v) is 16.1. The molecule has 0 amide bonds. The van der Waals surface area contributed by atoms with Crippen molar-refractivity contribution in [3.8, 4) is 0 Å². The minimum absolute atomic E-state index is 0.169. The van der Waals surface area contributed by atoms with E-state index in [4.69, 9.17) is 0 Å². The number of pyridine rings is 1. The zero-order valence-electron chi connectivity index (χ0n) is 14.5. The van der Waals surface area contributed by atoms with Crippen LogP contribution in [-0.4, -0.2) is 35.3 Å². The first-order valence-corrected chi connectivity index (χ1v) is 10.8. The number of sulfone groups is 1. The largest absolute Gasteiger partial charge is 0.395 e. The van der Waals surface area contributed by atoms with E-state index in [1.165, 1.54) is 13.0 Å². The highest BCUT2D eigenvalue weighted by molar-refractivity contribution is 7.92. The molecule has 2 heterocycles. The van der Waals surface area contributed by atoms with Crippen molar-refractivity contribution < 1.29 is 13.5 Å². The highest BCUT2D eigenvalue weighted by Gasteiger charge is 2.23. The number of fused-ring (bicyclic) bond motifs is 2. The van der Waals surface area contributed by atoms with Crippen molar-refractivity contribution in [3.63, 3.8) is 0 Å². The monoisotopic (exact) mass is 399 g/mol. The predicted octanol–water partition coefficient (Wildman–Crippen LogP) is 3.74. The van der Waals surface area contributed by atoms with Gasteiger partial charge >= 0.3 is 0 Å². The third kappa shape index (κ3) is 3.27. The van der Waals surface area contributed by atoms with Crippen LogP contribution in [0.2, 0.25) is 0 Å². The number of aromatic nitrogens is 2. The summed E-state index contributed by atoms with van der Waals surface area (Å²) in [6.45, 7) is 1.07. The molecule has 1 atom stereocenters. The molecule has 0 bridgehead atoms. The van der Waals surface area contributed by atoms with Crippen LogP contribution in [0, 0.1) is 0 Å². The fourth-order valence-electron chi connectivity index (χ4n) is 2.83. The number of nitrogens with one attached hydrogen (secondary N) is 1. The van der Waals surface area contributed by atoms with Crippen LogP contribution in [0.4, 0.5) is 11.4 Å². The molecular weight excluding hydrogens is 382 g/mol. The Morgan fingerprint density at radius 1 is 1.11 bits per heavy atom. The van der Waals surface area contributed by atoms with E-state index in [1.54, 1.807) is 41.2 Å². The van der Waals surface area contributed by atoms with Crippen LogP contribution >= 0.6 is 11.3 Å². The van der Waals surface area contributed by atoms with Crippen molar-refractivity contribution in [2.75, 3.05) is 11.9 Å². The van der Waals surface area contributed by atoms with Crippen LogP contribution in [0.25, 0.3) is 21.1 Å². The van der Waals surface area contributed by atoms with Gasteiger partial charge in [-0.25, -0.2) is 13.4 Å². The van der Waals surface area contributed by atoms with Crippen molar-refractivity contribution in [3.05, 3.63) is 54.2 Å². The fourth-order valence-corrected chi connectivity index (χ4v) is 4.69.